The number of halogens is 1. The fourth-order valence-corrected chi connectivity index (χ4v) is 3.10. The predicted octanol–water partition coefficient (Wildman–Crippen LogP) is 5.08. The number of benzene rings is 2. The molecule has 2 aromatic heterocycles. The second kappa shape index (κ2) is 5.44. The van der Waals surface area contributed by atoms with Crippen LogP contribution in [0.1, 0.15) is 0 Å². The van der Waals surface area contributed by atoms with Gasteiger partial charge in [-0.2, -0.15) is 0 Å². The van der Waals surface area contributed by atoms with E-state index in [0.29, 0.717) is 11.0 Å². The van der Waals surface area contributed by atoms with E-state index >= 15 is 0 Å². The van der Waals surface area contributed by atoms with Crippen LogP contribution in [0.2, 0.25) is 5.02 Å². The lowest BCUT2D eigenvalue weighted by atomic mass is 10.2. The zero-order valence-corrected chi connectivity index (χ0v) is 12.9. The van der Waals surface area contributed by atoms with Crippen LogP contribution in [-0.2, 0) is 0 Å². The third-order valence-electron chi connectivity index (χ3n) is 3.25. The molecule has 0 saturated carbocycles. The van der Waals surface area contributed by atoms with E-state index in [1.54, 1.807) is 11.3 Å². The third kappa shape index (κ3) is 2.56. The van der Waals surface area contributed by atoms with E-state index in [0.717, 1.165) is 27.3 Å². The molecule has 0 saturated heterocycles. The Morgan fingerprint density at radius 2 is 2.09 bits per heavy atom. The fraction of sp³-hybridized carbons (Fsp3) is 0. The summed E-state index contributed by atoms with van der Waals surface area (Å²) in [5.74, 6) is 0.688. The largest absolute Gasteiger partial charge is 0.326 e. The molecule has 0 bridgehead atoms. The molecule has 0 atom stereocenters. The van der Waals surface area contributed by atoms with Crippen molar-refractivity contribution in [1.29, 1.82) is 0 Å². The zero-order chi connectivity index (χ0) is 14.9. The van der Waals surface area contributed by atoms with Gasteiger partial charge in [0.2, 0.25) is 5.95 Å². The van der Waals surface area contributed by atoms with Crippen LogP contribution in [-0.4, -0.2) is 15.0 Å². The van der Waals surface area contributed by atoms with E-state index in [1.807, 2.05) is 48.0 Å². The summed E-state index contributed by atoms with van der Waals surface area (Å²) in [7, 11) is 0. The first kappa shape index (κ1) is 13.3. The first-order chi connectivity index (χ1) is 10.8. The number of H-pyrrole nitrogens is 1. The maximum Gasteiger partial charge on any atom is 0.205 e. The molecule has 6 heteroatoms. The van der Waals surface area contributed by atoms with Gasteiger partial charge in [0.15, 0.2) is 0 Å². The Kier molecular flexibility index (Phi) is 3.29. The molecule has 0 aliphatic heterocycles. The number of anilines is 2. The quantitative estimate of drug-likeness (QED) is 0.551. The van der Waals surface area contributed by atoms with Crippen molar-refractivity contribution in [3.05, 3.63) is 59.1 Å². The fourth-order valence-electron chi connectivity index (χ4n) is 2.27. The van der Waals surface area contributed by atoms with Gasteiger partial charge in [0.25, 0.3) is 0 Å². The summed E-state index contributed by atoms with van der Waals surface area (Å²) >= 11 is 7.61. The summed E-state index contributed by atoms with van der Waals surface area (Å²) in [6.07, 6.45) is 1.81. The van der Waals surface area contributed by atoms with Gasteiger partial charge in [-0.1, -0.05) is 17.7 Å². The molecule has 0 fully saturated rings. The monoisotopic (exact) mass is 326 g/mol. The van der Waals surface area contributed by atoms with Crippen molar-refractivity contribution in [3.8, 4) is 10.6 Å². The van der Waals surface area contributed by atoms with Gasteiger partial charge in [0.05, 0.1) is 11.0 Å². The van der Waals surface area contributed by atoms with E-state index < -0.39 is 0 Å². The standard InChI is InChI=1S/C16H11ClN4S/c17-11-2-1-3-12(9-11)19-16-20-13-5-4-10(8-14(13)21-16)15-18-6-7-22-15/h1-9H,(H2,19,20,21). The molecule has 2 aromatic carbocycles. The maximum absolute atomic E-state index is 5.99. The van der Waals surface area contributed by atoms with Crippen LogP contribution < -0.4 is 5.32 Å². The third-order valence-corrected chi connectivity index (χ3v) is 4.31. The summed E-state index contributed by atoms with van der Waals surface area (Å²) in [5, 5.41) is 6.88. The van der Waals surface area contributed by atoms with E-state index in [-0.39, 0.29) is 0 Å². The smallest absolute Gasteiger partial charge is 0.205 e. The SMILES string of the molecule is Clc1cccc(Nc2nc3ccc(-c4nccs4)cc3[nH]2)c1. The number of nitrogens with one attached hydrogen (secondary N) is 2. The molecule has 0 spiro atoms. The van der Waals surface area contributed by atoms with Crippen LogP contribution in [0.4, 0.5) is 11.6 Å². The highest BCUT2D eigenvalue weighted by atomic mass is 35.5. The van der Waals surface area contributed by atoms with Crippen molar-refractivity contribution in [2.75, 3.05) is 5.32 Å². The van der Waals surface area contributed by atoms with Gasteiger partial charge >= 0.3 is 0 Å². The average molecular weight is 327 g/mol. The number of nitrogens with zero attached hydrogens (tertiary/aromatic N) is 2. The number of fused-ring (bicyclic) bond motifs is 1. The molecule has 0 unspecified atom stereocenters. The van der Waals surface area contributed by atoms with Crippen molar-refractivity contribution in [3.63, 3.8) is 0 Å². The summed E-state index contributed by atoms with van der Waals surface area (Å²) in [5.41, 5.74) is 3.86. The van der Waals surface area contributed by atoms with Crippen molar-refractivity contribution < 1.29 is 0 Å². The second-order valence-electron chi connectivity index (χ2n) is 4.79. The van der Waals surface area contributed by atoms with Crippen LogP contribution >= 0.6 is 22.9 Å². The molecule has 2 N–H and O–H groups in total. The molecule has 4 nitrogen and oxygen atoms in total. The molecule has 0 aliphatic rings. The molecule has 0 amide bonds. The number of hydrogen-bond donors (Lipinski definition) is 2. The number of thiazole rings is 1. The van der Waals surface area contributed by atoms with Crippen molar-refractivity contribution >= 4 is 45.6 Å². The number of aromatic amines is 1. The van der Waals surface area contributed by atoms with Crippen molar-refractivity contribution in [2.45, 2.75) is 0 Å². The van der Waals surface area contributed by atoms with E-state index in [4.69, 9.17) is 11.6 Å². The highest BCUT2D eigenvalue weighted by Crippen LogP contribution is 2.26. The zero-order valence-electron chi connectivity index (χ0n) is 11.4. The molecular formula is C16H11ClN4S. The van der Waals surface area contributed by atoms with Gasteiger partial charge in [-0.3, -0.25) is 0 Å². The summed E-state index contributed by atoms with van der Waals surface area (Å²) in [6, 6.07) is 13.6. The van der Waals surface area contributed by atoms with Crippen LogP contribution in [0.25, 0.3) is 21.6 Å². The van der Waals surface area contributed by atoms with Gasteiger partial charge in [-0.25, -0.2) is 9.97 Å². The Bertz CT molecular complexity index is 930. The van der Waals surface area contributed by atoms with Crippen molar-refractivity contribution in [2.24, 2.45) is 0 Å². The van der Waals surface area contributed by atoms with Crippen LogP contribution in [0, 0.1) is 0 Å². The molecule has 4 rings (SSSR count). The topological polar surface area (TPSA) is 53.6 Å². The predicted molar refractivity (Wildman–Crippen MR) is 91.9 cm³/mol. The second-order valence-corrected chi connectivity index (χ2v) is 6.12. The summed E-state index contributed by atoms with van der Waals surface area (Å²) in [6.45, 7) is 0. The number of hydrogen-bond acceptors (Lipinski definition) is 4. The molecule has 4 aromatic rings. The van der Waals surface area contributed by atoms with Gasteiger partial charge in [-0.15, -0.1) is 11.3 Å². The highest BCUT2D eigenvalue weighted by molar-refractivity contribution is 7.13. The Balaban J connectivity index is 1.68. The highest BCUT2D eigenvalue weighted by Gasteiger charge is 2.06. The molecule has 0 aliphatic carbocycles. The Morgan fingerprint density at radius 1 is 1.14 bits per heavy atom. The van der Waals surface area contributed by atoms with Crippen LogP contribution in [0.15, 0.2) is 54.0 Å². The van der Waals surface area contributed by atoms with Gasteiger partial charge in [0.1, 0.15) is 5.01 Å². The minimum Gasteiger partial charge on any atom is -0.326 e. The van der Waals surface area contributed by atoms with Gasteiger partial charge < -0.3 is 10.3 Å². The Labute approximate surface area is 135 Å². The lowest BCUT2D eigenvalue weighted by molar-refractivity contribution is 1.31. The normalized spacial score (nSPS) is 11.0. The molecule has 22 heavy (non-hydrogen) atoms. The number of rotatable bonds is 3. The molecular weight excluding hydrogens is 316 g/mol. The summed E-state index contributed by atoms with van der Waals surface area (Å²) < 4.78 is 0. The number of imidazole rings is 1. The minimum absolute atomic E-state index is 0.687. The molecule has 0 radical (unpaired) electrons. The first-order valence-corrected chi connectivity index (χ1v) is 7.96. The summed E-state index contributed by atoms with van der Waals surface area (Å²) in [4.78, 5) is 12.1. The maximum atomic E-state index is 5.99. The number of aromatic nitrogens is 3. The average Bonchev–Trinajstić information content (AvgIpc) is 3.15. The first-order valence-electron chi connectivity index (χ1n) is 6.70. The van der Waals surface area contributed by atoms with Gasteiger partial charge in [0, 0.05) is 27.9 Å². The minimum atomic E-state index is 0.687. The van der Waals surface area contributed by atoms with Crippen LogP contribution in [0.5, 0.6) is 0 Å². The lowest BCUT2D eigenvalue weighted by Gasteiger charge is -2.02. The van der Waals surface area contributed by atoms with E-state index in [9.17, 15) is 0 Å². The van der Waals surface area contributed by atoms with E-state index in [2.05, 4.69) is 26.3 Å². The Hall–Kier alpha value is -2.37. The molecule has 2 heterocycles. The van der Waals surface area contributed by atoms with E-state index in [1.165, 1.54) is 0 Å². The van der Waals surface area contributed by atoms with Crippen molar-refractivity contribution in [1.82, 2.24) is 15.0 Å². The van der Waals surface area contributed by atoms with Crippen LogP contribution in [0.3, 0.4) is 0 Å². The molecule has 108 valence electrons. The lowest BCUT2D eigenvalue weighted by Crippen LogP contribution is -1.91. The Morgan fingerprint density at radius 3 is 2.91 bits per heavy atom. The van der Waals surface area contributed by atoms with Gasteiger partial charge in [-0.05, 0) is 36.4 Å².